The largest absolute Gasteiger partial charge is 0.426 e. The lowest BCUT2D eigenvalue weighted by atomic mass is 9.97. The number of nitrogens with zero attached hydrogens (tertiary/aromatic N) is 3. The maximum Gasteiger partial charge on any atom is 0.426 e. The van der Waals surface area contributed by atoms with Crippen molar-refractivity contribution < 1.29 is 19.2 Å². The van der Waals surface area contributed by atoms with Gasteiger partial charge >= 0.3 is 12.1 Å². The quantitative estimate of drug-likeness (QED) is 0.150. The number of benzene rings is 3. The zero-order chi connectivity index (χ0) is 35.9. The first-order valence-corrected chi connectivity index (χ1v) is 19.2. The van der Waals surface area contributed by atoms with Gasteiger partial charge in [0.05, 0.1) is 17.1 Å². The molecule has 6 N–H and O–H groups in total. The molecule has 3 heterocycles. The van der Waals surface area contributed by atoms with Gasteiger partial charge in [0.15, 0.2) is 0 Å². The van der Waals surface area contributed by atoms with Crippen molar-refractivity contribution in [3.63, 3.8) is 0 Å². The number of amides is 4. The molecule has 2 saturated heterocycles. The van der Waals surface area contributed by atoms with Gasteiger partial charge in [-0.1, -0.05) is 30.3 Å². The van der Waals surface area contributed by atoms with Gasteiger partial charge in [0.25, 0.3) is 0 Å². The van der Waals surface area contributed by atoms with Crippen molar-refractivity contribution in [2.24, 2.45) is 5.92 Å². The minimum Gasteiger partial charge on any atom is -0.397 e. The highest BCUT2D eigenvalue weighted by Crippen LogP contribution is 2.31. The summed E-state index contributed by atoms with van der Waals surface area (Å²) < 4.78 is 1.36. The van der Waals surface area contributed by atoms with Gasteiger partial charge in [0.1, 0.15) is 6.04 Å². The topological polar surface area (TPSA) is 144 Å². The first-order valence-electron chi connectivity index (χ1n) is 17.6. The Hall–Kier alpha value is -3.85. The summed E-state index contributed by atoms with van der Waals surface area (Å²) in [6.45, 7) is 4.51. The molecular formula is C37H46Br2N8O4. The summed E-state index contributed by atoms with van der Waals surface area (Å²) in [5.41, 5.74) is 10.9. The van der Waals surface area contributed by atoms with Crippen LogP contribution >= 0.6 is 31.9 Å². The summed E-state index contributed by atoms with van der Waals surface area (Å²) in [4.78, 5) is 50.3. The van der Waals surface area contributed by atoms with Gasteiger partial charge < -0.3 is 41.6 Å². The van der Waals surface area contributed by atoms with E-state index in [0.29, 0.717) is 58.7 Å². The summed E-state index contributed by atoms with van der Waals surface area (Å²) in [5.74, 6) is 0.178. The fraction of sp³-hybridized carbons (Fsp3) is 0.432. The van der Waals surface area contributed by atoms with Crippen LogP contribution in [0.5, 0.6) is 0 Å². The molecule has 6 rings (SSSR count). The maximum absolute atomic E-state index is 13.9. The van der Waals surface area contributed by atoms with Gasteiger partial charge in [0, 0.05) is 53.3 Å². The zero-order valence-corrected chi connectivity index (χ0v) is 32.0. The summed E-state index contributed by atoms with van der Waals surface area (Å²) in [5, 5.41) is 14.0. The van der Waals surface area contributed by atoms with E-state index >= 15 is 0 Å². The van der Waals surface area contributed by atoms with Gasteiger partial charge in [-0.15, -0.1) is 5.06 Å². The summed E-state index contributed by atoms with van der Waals surface area (Å²) in [6.07, 6.45) is 3.79. The van der Waals surface area contributed by atoms with Crippen LogP contribution in [0.2, 0.25) is 0 Å². The first-order chi connectivity index (χ1) is 24.6. The summed E-state index contributed by atoms with van der Waals surface area (Å²) >= 11 is 6.99. The highest BCUT2D eigenvalue weighted by atomic mass is 79.9. The Morgan fingerprint density at radius 3 is 2.33 bits per heavy atom. The monoisotopic (exact) mass is 824 g/mol. The minimum atomic E-state index is -0.957. The van der Waals surface area contributed by atoms with Crippen molar-refractivity contribution >= 4 is 72.6 Å². The van der Waals surface area contributed by atoms with E-state index in [1.165, 1.54) is 0 Å². The average Bonchev–Trinajstić information content (AvgIpc) is 3.29. The Morgan fingerprint density at radius 1 is 0.941 bits per heavy atom. The second kappa shape index (κ2) is 17.1. The van der Waals surface area contributed by atoms with Crippen molar-refractivity contribution in [1.82, 2.24) is 20.2 Å². The van der Waals surface area contributed by atoms with Crippen molar-refractivity contribution in [3.05, 3.63) is 80.7 Å². The van der Waals surface area contributed by atoms with E-state index < -0.39 is 12.1 Å². The van der Waals surface area contributed by atoms with Gasteiger partial charge in [-0.25, -0.2) is 9.59 Å². The first kappa shape index (κ1) is 36.9. The van der Waals surface area contributed by atoms with E-state index in [2.05, 4.69) is 65.1 Å². The molecule has 4 amide bonds. The molecule has 0 saturated carbocycles. The number of urea groups is 1. The predicted molar refractivity (Wildman–Crippen MR) is 208 cm³/mol. The molecule has 2 fully saturated rings. The normalized spacial score (nSPS) is 18.3. The van der Waals surface area contributed by atoms with E-state index in [1.807, 2.05) is 65.6 Å². The molecule has 0 radical (unpaired) electrons. The van der Waals surface area contributed by atoms with Crippen LogP contribution in [0.15, 0.2) is 69.6 Å². The predicted octanol–water partition coefficient (Wildman–Crippen LogP) is 6.29. The smallest absolute Gasteiger partial charge is 0.397 e. The van der Waals surface area contributed by atoms with Crippen LogP contribution < -0.4 is 27.0 Å². The fourth-order valence-electron chi connectivity index (χ4n) is 6.96. The molecule has 0 aliphatic carbocycles. The van der Waals surface area contributed by atoms with E-state index in [9.17, 15) is 14.4 Å². The molecule has 51 heavy (non-hydrogen) atoms. The third-order valence-electron chi connectivity index (χ3n) is 10.0. The Bertz CT molecular complexity index is 1690. The number of hydroxylamine groups is 2. The number of para-hydroxylation sites is 3. The number of carbonyl (C=O) groups is 3. The van der Waals surface area contributed by atoms with Crippen molar-refractivity contribution in [2.45, 2.75) is 50.6 Å². The number of hydrogen-bond donors (Lipinski definition) is 5. The lowest BCUT2D eigenvalue weighted by Gasteiger charge is -2.37. The van der Waals surface area contributed by atoms with E-state index in [0.717, 1.165) is 61.4 Å². The van der Waals surface area contributed by atoms with Crippen LogP contribution in [0.3, 0.4) is 0 Å². The van der Waals surface area contributed by atoms with Crippen molar-refractivity contribution in [2.75, 3.05) is 68.0 Å². The highest BCUT2D eigenvalue weighted by molar-refractivity contribution is 9.11. The third kappa shape index (κ3) is 9.73. The van der Waals surface area contributed by atoms with Crippen molar-refractivity contribution in [1.29, 1.82) is 0 Å². The second-order valence-corrected chi connectivity index (χ2v) is 15.3. The lowest BCUT2D eigenvalue weighted by molar-refractivity contribution is -0.125. The molecule has 0 spiro atoms. The van der Waals surface area contributed by atoms with Crippen LogP contribution in [0.4, 0.5) is 32.3 Å². The molecule has 12 nitrogen and oxygen atoms in total. The van der Waals surface area contributed by atoms with Crippen LogP contribution in [-0.2, 0) is 22.5 Å². The van der Waals surface area contributed by atoms with Gasteiger partial charge in [0.2, 0.25) is 5.91 Å². The minimum absolute atomic E-state index is 0.0243. The van der Waals surface area contributed by atoms with Crippen LogP contribution in [-0.4, -0.2) is 91.3 Å². The molecule has 0 unspecified atom stereocenters. The Kier molecular flexibility index (Phi) is 12.4. The number of rotatable bonds is 10. The number of nitrogens with one attached hydrogen (secondary N) is 4. The van der Waals surface area contributed by atoms with E-state index in [1.54, 1.807) is 5.06 Å². The van der Waals surface area contributed by atoms with Crippen LogP contribution in [0.1, 0.15) is 36.8 Å². The molecule has 3 aromatic carbocycles. The number of hydrogen-bond acceptors (Lipinski definition) is 8. The van der Waals surface area contributed by atoms with Gasteiger partial charge in [-0.2, -0.15) is 0 Å². The number of anilines is 4. The van der Waals surface area contributed by atoms with Crippen LogP contribution in [0, 0.1) is 5.92 Å². The van der Waals surface area contributed by atoms with E-state index in [4.69, 9.17) is 10.6 Å². The average molecular weight is 827 g/mol. The maximum atomic E-state index is 13.9. The van der Waals surface area contributed by atoms with Gasteiger partial charge in [-0.05, 0) is 131 Å². The van der Waals surface area contributed by atoms with Crippen molar-refractivity contribution in [3.8, 4) is 0 Å². The number of fused-ring (bicyclic) bond motifs is 1. The number of nitrogens with two attached hydrogens (primary N) is 1. The molecule has 3 aliphatic rings. The zero-order valence-electron chi connectivity index (χ0n) is 28.8. The lowest BCUT2D eigenvalue weighted by Crippen LogP contribution is -2.51. The molecular weight excluding hydrogens is 780 g/mol. The SMILES string of the molecule is CN1CCC(CNc2ccccc2NC(=O)[C@@H](Cc2cc(Br)c(N)c(Br)c2)NC(=O)ON2CCC(N3CCc4ccccc4NC3=O)CC2)CC1. The number of halogens is 2. The second-order valence-electron chi connectivity index (χ2n) is 13.6. The number of piperidine rings is 2. The number of carbonyl (C=O) groups excluding carboxylic acids is 3. The van der Waals surface area contributed by atoms with E-state index in [-0.39, 0.29) is 24.4 Å². The molecule has 3 aliphatic heterocycles. The van der Waals surface area contributed by atoms with Gasteiger partial charge in [-0.3, -0.25) is 4.79 Å². The fourth-order valence-corrected chi connectivity index (χ4v) is 8.24. The number of nitrogen functional groups attached to an aromatic ring is 1. The molecule has 3 aromatic rings. The summed E-state index contributed by atoms with van der Waals surface area (Å²) in [6, 6.07) is 18.1. The molecule has 272 valence electrons. The molecule has 0 aromatic heterocycles. The van der Waals surface area contributed by atoms with Crippen LogP contribution in [0.25, 0.3) is 0 Å². The Morgan fingerprint density at radius 2 is 1.61 bits per heavy atom. The standard InChI is InChI=1S/C37H46Br2N8O4/c1-45-15-10-24(11-16-45)23-41-31-8-4-5-9-32(31)42-35(48)33(22-25-20-28(38)34(40)29(39)21-25)44-37(50)51-46-17-13-27(14-18-46)47-19-12-26-6-2-3-7-30(26)43-36(47)49/h2-9,20-21,24,27,33,41H,10-19,22-23,40H2,1H3,(H,42,48)(H,43,49)(H,44,50)/t33-/m1/s1. The molecule has 0 bridgehead atoms. The Labute approximate surface area is 316 Å². The Balaban J connectivity index is 1.08. The summed E-state index contributed by atoms with van der Waals surface area (Å²) in [7, 11) is 2.15. The molecule has 1 atom stereocenters. The third-order valence-corrected chi connectivity index (χ3v) is 11.3. The molecule has 14 heteroatoms. The highest BCUT2D eigenvalue weighted by Gasteiger charge is 2.32. The number of likely N-dealkylation sites (tertiary alicyclic amines) is 1.